The average Bonchev–Trinajstić information content (AvgIpc) is 2.68. The third-order valence-corrected chi connectivity index (χ3v) is 3.33. The van der Waals surface area contributed by atoms with Gasteiger partial charge in [-0.3, -0.25) is 0 Å². The fourth-order valence-corrected chi connectivity index (χ4v) is 2.39. The van der Waals surface area contributed by atoms with Gasteiger partial charge in [0.2, 0.25) is 0 Å². The summed E-state index contributed by atoms with van der Waals surface area (Å²) in [7, 11) is 1.94. The first-order chi connectivity index (χ1) is 7.68. The Balaban J connectivity index is 1.96. The molecule has 2 rings (SSSR count). The second-order valence-electron chi connectivity index (χ2n) is 4.65. The number of hydrogen-bond acceptors (Lipinski definition) is 4. The number of hydrogen-bond donors (Lipinski definition) is 2. The van der Waals surface area contributed by atoms with Crippen LogP contribution in [0, 0.1) is 0 Å². The van der Waals surface area contributed by atoms with E-state index < -0.39 is 0 Å². The number of aliphatic hydroxyl groups is 1. The SMILES string of the molecule is CC(NC1CCCCC1O)c1nncn1C. The molecule has 0 aliphatic heterocycles. The van der Waals surface area contributed by atoms with Gasteiger partial charge in [0.25, 0.3) is 0 Å². The first-order valence-corrected chi connectivity index (χ1v) is 5.96. The average molecular weight is 224 g/mol. The minimum atomic E-state index is -0.218. The molecule has 0 amide bonds. The fraction of sp³-hybridized carbons (Fsp3) is 0.818. The van der Waals surface area contributed by atoms with Crippen LogP contribution in [0.4, 0.5) is 0 Å². The van der Waals surface area contributed by atoms with Crippen LogP contribution in [0.1, 0.15) is 44.5 Å². The lowest BCUT2D eigenvalue weighted by molar-refractivity contribution is 0.0852. The lowest BCUT2D eigenvalue weighted by Gasteiger charge is -2.30. The first kappa shape index (κ1) is 11.5. The van der Waals surface area contributed by atoms with E-state index in [0.29, 0.717) is 0 Å². The summed E-state index contributed by atoms with van der Waals surface area (Å²) in [5.41, 5.74) is 0. The van der Waals surface area contributed by atoms with Crippen molar-refractivity contribution in [3.8, 4) is 0 Å². The molecule has 90 valence electrons. The summed E-state index contributed by atoms with van der Waals surface area (Å²) in [5.74, 6) is 0.915. The van der Waals surface area contributed by atoms with E-state index in [1.807, 2.05) is 11.6 Å². The van der Waals surface area contributed by atoms with Gasteiger partial charge in [-0.2, -0.15) is 0 Å². The molecule has 0 saturated heterocycles. The van der Waals surface area contributed by atoms with Crippen molar-refractivity contribution in [2.75, 3.05) is 0 Å². The quantitative estimate of drug-likeness (QED) is 0.796. The van der Waals surface area contributed by atoms with Gasteiger partial charge >= 0.3 is 0 Å². The van der Waals surface area contributed by atoms with Gasteiger partial charge < -0.3 is 15.0 Å². The van der Waals surface area contributed by atoms with Crippen LogP contribution in [0.2, 0.25) is 0 Å². The Morgan fingerprint density at radius 1 is 1.50 bits per heavy atom. The van der Waals surface area contributed by atoms with Crippen molar-refractivity contribution in [3.05, 3.63) is 12.2 Å². The minimum Gasteiger partial charge on any atom is -0.392 e. The minimum absolute atomic E-state index is 0.130. The van der Waals surface area contributed by atoms with E-state index in [0.717, 1.165) is 25.1 Å². The van der Waals surface area contributed by atoms with Crippen molar-refractivity contribution >= 4 is 0 Å². The van der Waals surface area contributed by atoms with Crippen LogP contribution in [-0.2, 0) is 7.05 Å². The zero-order valence-corrected chi connectivity index (χ0v) is 9.93. The highest BCUT2D eigenvalue weighted by molar-refractivity contribution is 4.94. The van der Waals surface area contributed by atoms with Crippen molar-refractivity contribution in [3.63, 3.8) is 0 Å². The van der Waals surface area contributed by atoms with Crippen LogP contribution in [0.3, 0.4) is 0 Å². The normalized spacial score (nSPS) is 27.9. The molecule has 0 bridgehead atoms. The number of aryl methyl sites for hydroxylation is 1. The molecule has 1 aliphatic rings. The second kappa shape index (κ2) is 4.93. The molecule has 1 heterocycles. The Morgan fingerprint density at radius 2 is 2.25 bits per heavy atom. The van der Waals surface area contributed by atoms with Gasteiger partial charge in [0.15, 0.2) is 0 Å². The maximum Gasteiger partial charge on any atom is 0.149 e. The molecule has 1 aromatic heterocycles. The molecule has 1 saturated carbocycles. The van der Waals surface area contributed by atoms with Gasteiger partial charge in [-0.15, -0.1) is 10.2 Å². The van der Waals surface area contributed by atoms with Crippen molar-refractivity contribution in [2.24, 2.45) is 7.05 Å². The Morgan fingerprint density at radius 3 is 2.88 bits per heavy atom. The molecule has 1 fully saturated rings. The van der Waals surface area contributed by atoms with Gasteiger partial charge in [0.05, 0.1) is 12.1 Å². The maximum absolute atomic E-state index is 9.88. The van der Waals surface area contributed by atoms with Crippen molar-refractivity contribution in [1.29, 1.82) is 0 Å². The smallest absolute Gasteiger partial charge is 0.149 e. The van der Waals surface area contributed by atoms with E-state index in [2.05, 4.69) is 22.4 Å². The summed E-state index contributed by atoms with van der Waals surface area (Å²) in [6.45, 7) is 2.06. The molecular weight excluding hydrogens is 204 g/mol. The van der Waals surface area contributed by atoms with E-state index in [4.69, 9.17) is 0 Å². The predicted molar refractivity (Wildman–Crippen MR) is 60.8 cm³/mol. The highest BCUT2D eigenvalue weighted by Crippen LogP contribution is 2.21. The van der Waals surface area contributed by atoms with E-state index in [1.165, 1.54) is 6.42 Å². The molecular formula is C11H20N4O. The number of aromatic nitrogens is 3. The Labute approximate surface area is 95.9 Å². The van der Waals surface area contributed by atoms with Crippen LogP contribution >= 0.6 is 0 Å². The summed E-state index contributed by atoms with van der Waals surface area (Å²) < 4.78 is 1.91. The number of aliphatic hydroxyl groups excluding tert-OH is 1. The topological polar surface area (TPSA) is 63.0 Å². The molecule has 2 N–H and O–H groups in total. The highest BCUT2D eigenvalue weighted by Gasteiger charge is 2.25. The lowest BCUT2D eigenvalue weighted by Crippen LogP contribution is -2.43. The first-order valence-electron chi connectivity index (χ1n) is 5.96. The van der Waals surface area contributed by atoms with Crippen LogP contribution in [0.15, 0.2) is 6.33 Å². The molecule has 0 radical (unpaired) electrons. The van der Waals surface area contributed by atoms with E-state index >= 15 is 0 Å². The zero-order chi connectivity index (χ0) is 11.5. The summed E-state index contributed by atoms with van der Waals surface area (Å²) in [5, 5.41) is 21.3. The zero-order valence-electron chi connectivity index (χ0n) is 9.93. The Kier molecular flexibility index (Phi) is 3.56. The van der Waals surface area contributed by atoms with Crippen LogP contribution in [-0.4, -0.2) is 32.0 Å². The van der Waals surface area contributed by atoms with Crippen LogP contribution in [0.25, 0.3) is 0 Å². The van der Waals surface area contributed by atoms with Crippen molar-refractivity contribution in [2.45, 2.75) is 50.8 Å². The number of nitrogens with one attached hydrogen (secondary N) is 1. The predicted octanol–water partition coefficient (Wildman–Crippen LogP) is 0.769. The molecule has 0 spiro atoms. The summed E-state index contributed by atoms with van der Waals surface area (Å²) >= 11 is 0. The molecule has 1 aliphatic carbocycles. The summed E-state index contributed by atoms with van der Waals surface area (Å²) in [4.78, 5) is 0. The summed E-state index contributed by atoms with van der Waals surface area (Å²) in [6, 6.07) is 0.325. The second-order valence-corrected chi connectivity index (χ2v) is 4.65. The Hall–Kier alpha value is -0.940. The maximum atomic E-state index is 9.88. The molecule has 1 aromatic rings. The molecule has 5 heteroatoms. The van der Waals surface area contributed by atoms with Gasteiger partial charge in [-0.1, -0.05) is 12.8 Å². The molecule has 0 aromatic carbocycles. The molecule has 3 unspecified atom stereocenters. The highest BCUT2D eigenvalue weighted by atomic mass is 16.3. The van der Waals surface area contributed by atoms with Gasteiger partial charge in [0.1, 0.15) is 12.2 Å². The van der Waals surface area contributed by atoms with Crippen LogP contribution < -0.4 is 5.32 Å². The number of rotatable bonds is 3. The third-order valence-electron chi connectivity index (χ3n) is 3.33. The lowest BCUT2D eigenvalue weighted by atomic mass is 9.92. The van der Waals surface area contributed by atoms with E-state index in [-0.39, 0.29) is 18.2 Å². The van der Waals surface area contributed by atoms with Gasteiger partial charge in [-0.25, -0.2) is 0 Å². The Bertz CT molecular complexity index is 338. The van der Waals surface area contributed by atoms with E-state index in [1.54, 1.807) is 6.33 Å². The fourth-order valence-electron chi connectivity index (χ4n) is 2.39. The van der Waals surface area contributed by atoms with Gasteiger partial charge in [0, 0.05) is 13.1 Å². The number of nitrogens with zero attached hydrogens (tertiary/aromatic N) is 3. The third kappa shape index (κ3) is 2.41. The standard InChI is InChI=1S/C11H20N4O/c1-8(11-14-12-7-15(11)2)13-9-5-3-4-6-10(9)16/h7-10,13,16H,3-6H2,1-2H3. The summed E-state index contributed by atoms with van der Waals surface area (Å²) in [6.07, 6.45) is 5.76. The van der Waals surface area contributed by atoms with E-state index in [9.17, 15) is 5.11 Å². The van der Waals surface area contributed by atoms with Gasteiger partial charge in [-0.05, 0) is 19.8 Å². The van der Waals surface area contributed by atoms with Crippen molar-refractivity contribution in [1.82, 2.24) is 20.1 Å². The molecule has 5 nitrogen and oxygen atoms in total. The molecule has 16 heavy (non-hydrogen) atoms. The largest absolute Gasteiger partial charge is 0.392 e. The monoisotopic (exact) mass is 224 g/mol. The van der Waals surface area contributed by atoms with Crippen LogP contribution in [0.5, 0.6) is 0 Å². The van der Waals surface area contributed by atoms with Crippen molar-refractivity contribution < 1.29 is 5.11 Å². The molecule has 3 atom stereocenters.